The van der Waals surface area contributed by atoms with E-state index in [-0.39, 0.29) is 11.9 Å². The number of carbonyl (C=O) groups is 2. The summed E-state index contributed by atoms with van der Waals surface area (Å²) in [6, 6.07) is 9.79. The topological polar surface area (TPSA) is 77.5 Å². The lowest BCUT2D eigenvalue weighted by Gasteiger charge is -2.21. The normalized spacial score (nSPS) is 15.5. The van der Waals surface area contributed by atoms with E-state index in [1.54, 1.807) is 0 Å². The minimum Gasteiger partial charge on any atom is -0.493 e. The largest absolute Gasteiger partial charge is 0.493 e. The molecule has 2 aliphatic heterocycles. The maximum atomic E-state index is 12.2. The molecule has 38 heavy (non-hydrogen) atoms. The lowest BCUT2D eigenvalue weighted by molar-refractivity contribution is -0.118. The van der Waals surface area contributed by atoms with Crippen molar-refractivity contribution in [3.05, 3.63) is 54.1 Å². The summed E-state index contributed by atoms with van der Waals surface area (Å²) in [7, 11) is 0. The zero-order valence-corrected chi connectivity index (χ0v) is 23.7. The highest BCUT2D eigenvalue weighted by Crippen LogP contribution is 2.12. The second-order valence-electron chi connectivity index (χ2n) is 8.61. The quantitative estimate of drug-likeness (QED) is 0.134. The van der Waals surface area contributed by atoms with Crippen LogP contribution in [0.4, 0.5) is 4.79 Å². The molecule has 0 bridgehead atoms. The predicted molar refractivity (Wildman–Crippen MR) is 160 cm³/mol. The van der Waals surface area contributed by atoms with Crippen molar-refractivity contribution in [2.45, 2.75) is 26.7 Å². The zero-order valence-electron chi connectivity index (χ0n) is 22.9. The Hall–Kier alpha value is -3.22. The van der Waals surface area contributed by atoms with Crippen LogP contribution in [0.25, 0.3) is 0 Å². The second-order valence-corrected chi connectivity index (χ2v) is 9.71. The van der Waals surface area contributed by atoms with Crippen molar-refractivity contribution < 1.29 is 14.3 Å². The fraction of sp³-hybridized carbons (Fsp3) is 0.483. The number of rotatable bonds is 13. The highest BCUT2D eigenvalue weighted by atomic mass is 32.2. The molecule has 8 nitrogen and oxygen atoms in total. The van der Waals surface area contributed by atoms with Crippen molar-refractivity contribution in [1.82, 2.24) is 20.1 Å². The summed E-state index contributed by atoms with van der Waals surface area (Å²) in [6.07, 6.45) is 16.9. The molecule has 1 aromatic carbocycles. The van der Waals surface area contributed by atoms with Gasteiger partial charge in [0.15, 0.2) is 0 Å². The van der Waals surface area contributed by atoms with Gasteiger partial charge in [0.25, 0.3) is 0 Å². The van der Waals surface area contributed by atoms with Crippen molar-refractivity contribution in [3.8, 4) is 18.6 Å². The van der Waals surface area contributed by atoms with Gasteiger partial charge in [0.1, 0.15) is 5.75 Å². The molecule has 9 heteroatoms. The lowest BCUT2D eigenvalue weighted by Crippen LogP contribution is -2.37. The molecule has 1 aromatic rings. The van der Waals surface area contributed by atoms with Crippen molar-refractivity contribution in [2.24, 2.45) is 5.10 Å². The van der Waals surface area contributed by atoms with Crippen LogP contribution >= 0.6 is 11.8 Å². The Labute approximate surface area is 233 Å². The molecule has 2 saturated heterocycles. The van der Waals surface area contributed by atoms with Crippen molar-refractivity contribution in [1.29, 1.82) is 0 Å². The molecule has 3 amide bonds. The third kappa shape index (κ3) is 13.9. The van der Waals surface area contributed by atoms with Gasteiger partial charge >= 0.3 is 6.03 Å². The van der Waals surface area contributed by atoms with Crippen LogP contribution < -0.4 is 10.2 Å². The van der Waals surface area contributed by atoms with Crippen molar-refractivity contribution >= 4 is 30.4 Å². The Bertz CT molecular complexity index is 898. The molecule has 0 aliphatic carbocycles. The molecule has 3 rings (SSSR count). The maximum absolute atomic E-state index is 12.2. The Kier molecular flexibility index (Phi) is 18.0. The predicted octanol–water partition coefficient (Wildman–Crippen LogP) is 4.12. The minimum absolute atomic E-state index is 0.139. The molecular weight excluding hydrogens is 498 g/mol. The van der Waals surface area contributed by atoms with Crippen LogP contribution in [0.15, 0.2) is 59.2 Å². The summed E-state index contributed by atoms with van der Waals surface area (Å²) in [6.45, 7) is 14.6. The molecule has 0 unspecified atom stereocenters. The standard InChI is InChI=1S/C16H27N3O.C11H14N2O2S.C2H2/c1-3-15(2)7-6-10-18-13-14-19(16(18)20)12-11-17-8-4-5-9-17;1-12-13-11(14)9-16-8-7-15-10-5-3-2-4-6-10;1-2/h3,6-7H,4-5,8-14H2,1-2H3;2-6H,1,7-9H2,(H,13,14);1-2H/b7-6-,15-3-;;. The van der Waals surface area contributed by atoms with Gasteiger partial charge in [0.05, 0.1) is 12.4 Å². The Morgan fingerprint density at radius 3 is 2.47 bits per heavy atom. The number of carbonyl (C=O) groups excluding carboxylic acids is 2. The SMILES string of the molecule is C#C.C/C=C(C)\C=C/CN1CCN(CCN2CCCC2)C1=O.C=NNC(=O)CSCCOc1ccccc1. The molecule has 1 N–H and O–H groups in total. The molecule has 2 fully saturated rings. The van der Waals surface area contributed by atoms with Gasteiger partial charge in [-0.2, -0.15) is 5.10 Å². The number of thioether (sulfide) groups is 1. The second kappa shape index (κ2) is 20.8. The van der Waals surface area contributed by atoms with E-state index in [9.17, 15) is 9.59 Å². The smallest absolute Gasteiger partial charge is 0.320 e. The number of ether oxygens (including phenoxy) is 1. The lowest BCUT2D eigenvalue weighted by atomic mass is 10.2. The van der Waals surface area contributed by atoms with Gasteiger partial charge in [-0.15, -0.1) is 24.6 Å². The summed E-state index contributed by atoms with van der Waals surface area (Å²) < 4.78 is 5.46. The van der Waals surface area contributed by atoms with E-state index in [1.807, 2.05) is 47.1 Å². The number of nitrogens with one attached hydrogen (secondary N) is 1. The number of likely N-dealkylation sites (tertiary alicyclic amines) is 1. The average Bonchev–Trinajstić information content (AvgIpc) is 3.59. The first kappa shape index (κ1) is 32.8. The van der Waals surface area contributed by atoms with Crippen LogP contribution in [-0.4, -0.2) is 97.3 Å². The Morgan fingerprint density at radius 2 is 1.82 bits per heavy atom. The van der Waals surface area contributed by atoms with Crippen LogP contribution in [0.5, 0.6) is 5.75 Å². The average molecular weight is 542 g/mol. The number of terminal acetylenes is 1. The van der Waals surface area contributed by atoms with Gasteiger partial charge in [-0.05, 0) is 51.9 Å². The Morgan fingerprint density at radius 1 is 1.13 bits per heavy atom. The van der Waals surface area contributed by atoms with Gasteiger partial charge < -0.3 is 19.4 Å². The number of allylic oxidation sites excluding steroid dienone is 3. The third-order valence-corrected chi connectivity index (χ3v) is 6.83. The van der Waals surface area contributed by atoms with E-state index in [4.69, 9.17) is 4.74 Å². The molecule has 2 aliphatic rings. The highest BCUT2D eigenvalue weighted by Gasteiger charge is 2.27. The molecule has 2 heterocycles. The van der Waals surface area contributed by atoms with E-state index in [2.05, 4.69) is 60.1 Å². The molecule has 0 saturated carbocycles. The summed E-state index contributed by atoms with van der Waals surface area (Å²) in [5, 5.41) is 3.29. The first-order valence-electron chi connectivity index (χ1n) is 12.9. The van der Waals surface area contributed by atoms with Crippen molar-refractivity contribution in [3.63, 3.8) is 0 Å². The number of hydrazone groups is 1. The van der Waals surface area contributed by atoms with Crippen LogP contribution in [0.3, 0.4) is 0 Å². The van der Waals surface area contributed by atoms with Crippen molar-refractivity contribution in [2.75, 3.05) is 63.9 Å². The summed E-state index contributed by atoms with van der Waals surface area (Å²) in [5.41, 5.74) is 3.51. The number of para-hydroxylation sites is 1. The van der Waals surface area contributed by atoms with Gasteiger partial charge in [-0.1, -0.05) is 42.0 Å². The van der Waals surface area contributed by atoms with Gasteiger partial charge in [0, 0.05) is 45.2 Å². The minimum atomic E-state index is -0.139. The molecule has 208 valence electrons. The van der Waals surface area contributed by atoms with E-state index >= 15 is 0 Å². The monoisotopic (exact) mass is 541 g/mol. The molecule has 0 spiro atoms. The first-order valence-corrected chi connectivity index (χ1v) is 14.1. The number of amides is 3. The highest BCUT2D eigenvalue weighted by molar-refractivity contribution is 7.99. The number of nitrogens with zero attached hydrogens (tertiary/aromatic N) is 4. The number of urea groups is 1. The van der Waals surface area contributed by atoms with E-state index < -0.39 is 0 Å². The van der Waals surface area contributed by atoms with Crippen LogP contribution in [0, 0.1) is 12.8 Å². The first-order chi connectivity index (χ1) is 18.5. The number of hydrogen-bond donors (Lipinski definition) is 1. The summed E-state index contributed by atoms with van der Waals surface area (Å²) >= 11 is 1.50. The van der Waals surface area contributed by atoms with Crippen LogP contribution in [0.2, 0.25) is 0 Å². The number of benzene rings is 1. The van der Waals surface area contributed by atoms with E-state index in [1.165, 1.54) is 43.3 Å². The zero-order chi connectivity index (χ0) is 28.0. The molecule has 0 atom stereocenters. The Balaban J connectivity index is 0.000000365. The molecular formula is C29H43N5O3S. The summed E-state index contributed by atoms with van der Waals surface area (Å²) in [5.74, 6) is 1.84. The third-order valence-electron chi connectivity index (χ3n) is 5.90. The fourth-order valence-electron chi connectivity index (χ4n) is 3.76. The molecule has 0 aromatic heterocycles. The number of hydrogen-bond acceptors (Lipinski definition) is 6. The summed E-state index contributed by atoms with van der Waals surface area (Å²) in [4.78, 5) is 29.6. The van der Waals surface area contributed by atoms with Gasteiger partial charge in [-0.25, -0.2) is 10.2 Å². The van der Waals surface area contributed by atoms with E-state index in [0.29, 0.717) is 12.4 Å². The van der Waals surface area contributed by atoms with Crippen LogP contribution in [-0.2, 0) is 4.79 Å². The molecule has 0 radical (unpaired) electrons. The van der Waals surface area contributed by atoms with Gasteiger partial charge in [-0.3, -0.25) is 4.79 Å². The van der Waals surface area contributed by atoms with Gasteiger partial charge in [0.2, 0.25) is 5.91 Å². The maximum Gasteiger partial charge on any atom is 0.320 e. The fourth-order valence-corrected chi connectivity index (χ4v) is 4.36. The van der Waals surface area contributed by atoms with E-state index in [0.717, 1.165) is 44.2 Å². The van der Waals surface area contributed by atoms with Crippen LogP contribution in [0.1, 0.15) is 26.7 Å².